The summed E-state index contributed by atoms with van der Waals surface area (Å²) in [6.45, 7) is 1.63. The monoisotopic (exact) mass is 606 g/mol. The van der Waals surface area contributed by atoms with Crippen LogP contribution in [0.3, 0.4) is 0 Å². The van der Waals surface area contributed by atoms with Gasteiger partial charge in [-0.3, -0.25) is 24.1 Å². The van der Waals surface area contributed by atoms with Crippen molar-refractivity contribution in [2.75, 3.05) is 10.2 Å². The van der Waals surface area contributed by atoms with Crippen LogP contribution in [0, 0.1) is 17.8 Å². The molecule has 8 rings (SSSR count). The van der Waals surface area contributed by atoms with Crippen LogP contribution < -0.4 is 10.2 Å². The number of benzene rings is 4. The highest BCUT2D eigenvalue weighted by Gasteiger charge is 2.56. The first-order chi connectivity index (χ1) is 22.3. The average molecular weight is 607 g/mol. The molecule has 1 heterocycles. The van der Waals surface area contributed by atoms with Crippen molar-refractivity contribution in [3.05, 3.63) is 131 Å². The third kappa shape index (κ3) is 4.19. The normalized spacial score (nSPS) is 24.0. The quantitative estimate of drug-likeness (QED) is 0.148. The van der Waals surface area contributed by atoms with Crippen molar-refractivity contribution in [1.82, 2.24) is 0 Å². The fourth-order valence-corrected chi connectivity index (χ4v) is 7.88. The van der Waals surface area contributed by atoms with Gasteiger partial charge < -0.3 is 10.4 Å². The Kier molecular flexibility index (Phi) is 6.39. The number of phenols is 1. The molecule has 4 atom stereocenters. The lowest BCUT2D eigenvalue weighted by molar-refractivity contribution is -0.123. The molecule has 46 heavy (non-hydrogen) atoms. The summed E-state index contributed by atoms with van der Waals surface area (Å²) in [6.07, 6.45) is 3.87. The van der Waals surface area contributed by atoms with Crippen LogP contribution in [0.25, 0.3) is 10.8 Å². The number of nitrogens with zero attached hydrogens (tertiary/aromatic N) is 1. The topological polar surface area (TPSA) is 104 Å². The maximum Gasteiger partial charge on any atom is 0.238 e. The molecule has 226 valence electrons. The van der Waals surface area contributed by atoms with Crippen LogP contribution >= 0.6 is 0 Å². The Balaban J connectivity index is 1.19. The molecule has 2 amide bonds. The molecule has 3 aliphatic carbocycles. The number of aromatic hydroxyl groups is 1. The minimum Gasteiger partial charge on any atom is -0.507 e. The first-order valence-corrected chi connectivity index (χ1v) is 15.5. The first-order valence-electron chi connectivity index (χ1n) is 15.5. The predicted octanol–water partition coefficient (Wildman–Crippen LogP) is 6.92. The average Bonchev–Trinajstić information content (AvgIpc) is 3.33. The number of Topliss-reactive ketones (excluding diaryl/α,β-unsaturated/α-hetero) is 1. The van der Waals surface area contributed by atoms with Crippen LogP contribution in [0.5, 0.6) is 5.75 Å². The largest absolute Gasteiger partial charge is 0.507 e. The summed E-state index contributed by atoms with van der Waals surface area (Å²) in [6, 6.07) is 28.1. The standard InChI is InChI=1S/C39H30N2O5/c1-21-19-32(42)35-31(36(21)43)20-30-27(33(35)28-16-11-22-7-5-6-10-26(22)37(28)44)17-18-29-34(30)39(46)41(38(29)45)25-14-12-24(13-15-25)40-23-8-3-2-4-9-23/h2-17,19,29-30,33-34,40,44H,18,20H2,1H3/t29-,30+,33+,34-/m0/s1. The molecule has 7 heteroatoms. The van der Waals surface area contributed by atoms with Gasteiger partial charge in [0.2, 0.25) is 11.8 Å². The molecule has 0 bridgehead atoms. The number of carbonyl (C=O) groups is 4. The third-order valence-corrected chi connectivity index (χ3v) is 9.99. The molecule has 4 aromatic carbocycles. The van der Waals surface area contributed by atoms with Crippen molar-refractivity contribution in [1.29, 1.82) is 0 Å². The van der Waals surface area contributed by atoms with Crippen LogP contribution in [0.4, 0.5) is 17.1 Å². The second-order valence-electron chi connectivity index (χ2n) is 12.5. The molecule has 0 unspecified atom stereocenters. The summed E-state index contributed by atoms with van der Waals surface area (Å²) >= 11 is 0. The van der Waals surface area contributed by atoms with Gasteiger partial charge in [0.05, 0.1) is 17.5 Å². The second kappa shape index (κ2) is 10.5. The van der Waals surface area contributed by atoms with Gasteiger partial charge >= 0.3 is 0 Å². The van der Waals surface area contributed by atoms with Crippen LogP contribution in [0.1, 0.15) is 31.2 Å². The number of carbonyl (C=O) groups excluding carboxylic acids is 4. The predicted molar refractivity (Wildman–Crippen MR) is 176 cm³/mol. The van der Waals surface area contributed by atoms with Gasteiger partial charge in [-0.05, 0) is 73.5 Å². The van der Waals surface area contributed by atoms with E-state index in [9.17, 15) is 24.3 Å². The van der Waals surface area contributed by atoms with Gasteiger partial charge in [0.25, 0.3) is 0 Å². The summed E-state index contributed by atoms with van der Waals surface area (Å²) in [5, 5.41) is 16.4. The Morgan fingerprint density at radius 3 is 2.28 bits per heavy atom. The number of hydrogen-bond acceptors (Lipinski definition) is 6. The summed E-state index contributed by atoms with van der Waals surface area (Å²) in [5.41, 5.74) is 4.65. The molecule has 1 fully saturated rings. The molecule has 7 nitrogen and oxygen atoms in total. The zero-order valence-corrected chi connectivity index (χ0v) is 25.1. The van der Waals surface area contributed by atoms with E-state index in [1.807, 2.05) is 84.9 Å². The maximum atomic E-state index is 14.3. The van der Waals surface area contributed by atoms with Crippen molar-refractivity contribution >= 4 is 51.2 Å². The summed E-state index contributed by atoms with van der Waals surface area (Å²) in [5.74, 6) is -3.46. The Bertz CT molecular complexity index is 2090. The maximum absolute atomic E-state index is 14.3. The molecule has 2 N–H and O–H groups in total. The Hall–Kier alpha value is -5.56. The van der Waals surface area contributed by atoms with E-state index in [0.29, 0.717) is 39.8 Å². The van der Waals surface area contributed by atoms with E-state index >= 15 is 0 Å². The number of amides is 2. The van der Waals surface area contributed by atoms with E-state index in [0.717, 1.165) is 22.3 Å². The molecular weight excluding hydrogens is 576 g/mol. The first kappa shape index (κ1) is 28.0. The van der Waals surface area contributed by atoms with Crippen molar-refractivity contribution in [2.24, 2.45) is 17.8 Å². The van der Waals surface area contributed by atoms with Gasteiger partial charge in [-0.2, -0.15) is 0 Å². The number of imide groups is 1. The number of rotatable bonds is 4. The van der Waals surface area contributed by atoms with E-state index in [1.165, 1.54) is 11.0 Å². The highest BCUT2D eigenvalue weighted by molar-refractivity contribution is 6.25. The number of allylic oxidation sites excluding steroid dienone is 6. The van der Waals surface area contributed by atoms with Gasteiger partial charge in [0, 0.05) is 45.0 Å². The molecule has 4 aliphatic rings. The number of nitrogens with one attached hydrogen (secondary N) is 1. The Labute approximate surface area is 265 Å². The number of para-hydroxylation sites is 1. The SMILES string of the molecule is CC1=CC(=O)C2=C(C[C@@H]3C(=CC[C@@H]4C(=O)N(c5ccc(Nc6ccccc6)cc5)C(=O)[C@@H]43)[C@@H]2c2ccc3ccccc3c2O)C1=O. The van der Waals surface area contributed by atoms with Crippen molar-refractivity contribution < 1.29 is 24.3 Å². The van der Waals surface area contributed by atoms with Crippen LogP contribution in [-0.2, 0) is 19.2 Å². The number of fused-ring (bicyclic) bond motifs is 4. The molecule has 1 aliphatic heterocycles. The van der Waals surface area contributed by atoms with Gasteiger partial charge in [0.15, 0.2) is 11.6 Å². The summed E-state index contributed by atoms with van der Waals surface area (Å²) in [7, 11) is 0. The number of phenolic OH excluding ortho intramolecular Hbond substituents is 1. The van der Waals surface area contributed by atoms with Crippen LogP contribution in [0.15, 0.2) is 125 Å². The smallest absolute Gasteiger partial charge is 0.238 e. The van der Waals surface area contributed by atoms with Gasteiger partial charge in [-0.15, -0.1) is 0 Å². The summed E-state index contributed by atoms with van der Waals surface area (Å²) < 4.78 is 0. The minimum absolute atomic E-state index is 0.0461. The molecule has 0 radical (unpaired) electrons. The molecule has 0 aromatic heterocycles. The highest BCUT2D eigenvalue weighted by Crippen LogP contribution is 2.56. The summed E-state index contributed by atoms with van der Waals surface area (Å²) in [4.78, 5) is 56.7. The highest BCUT2D eigenvalue weighted by atomic mass is 16.3. The van der Waals surface area contributed by atoms with E-state index in [4.69, 9.17) is 0 Å². The number of ketones is 2. The van der Waals surface area contributed by atoms with Crippen molar-refractivity contribution in [3.63, 3.8) is 0 Å². The van der Waals surface area contributed by atoms with Crippen LogP contribution in [0.2, 0.25) is 0 Å². The third-order valence-electron chi connectivity index (χ3n) is 9.99. The zero-order chi connectivity index (χ0) is 31.7. The molecule has 0 saturated carbocycles. The van der Waals surface area contributed by atoms with E-state index < -0.39 is 23.7 Å². The van der Waals surface area contributed by atoms with Crippen molar-refractivity contribution in [2.45, 2.75) is 25.7 Å². The molecule has 1 saturated heterocycles. The number of hydrogen-bond donors (Lipinski definition) is 2. The molecular formula is C39H30N2O5. The fraction of sp³-hybridized carbons (Fsp3) is 0.179. The second-order valence-corrected chi connectivity index (χ2v) is 12.5. The lowest BCUT2D eigenvalue weighted by atomic mass is 9.59. The molecule has 0 spiro atoms. The molecule has 4 aromatic rings. The van der Waals surface area contributed by atoms with Gasteiger partial charge in [-0.1, -0.05) is 66.2 Å². The Morgan fingerprint density at radius 2 is 1.50 bits per heavy atom. The lowest BCUT2D eigenvalue weighted by Gasteiger charge is -2.42. The van der Waals surface area contributed by atoms with Crippen LogP contribution in [-0.4, -0.2) is 28.5 Å². The number of anilines is 3. The van der Waals surface area contributed by atoms with Crippen molar-refractivity contribution in [3.8, 4) is 5.75 Å². The fourth-order valence-electron chi connectivity index (χ4n) is 7.88. The van der Waals surface area contributed by atoms with E-state index in [2.05, 4.69) is 5.32 Å². The van der Waals surface area contributed by atoms with Gasteiger partial charge in [0.1, 0.15) is 5.75 Å². The minimum atomic E-state index is -0.708. The van der Waals surface area contributed by atoms with Gasteiger partial charge in [-0.25, -0.2) is 0 Å². The van der Waals surface area contributed by atoms with E-state index in [1.54, 1.807) is 19.1 Å². The lowest BCUT2D eigenvalue weighted by Crippen LogP contribution is -2.39. The zero-order valence-electron chi connectivity index (χ0n) is 25.1. The van der Waals surface area contributed by atoms with E-state index in [-0.39, 0.29) is 35.6 Å². The Morgan fingerprint density at radius 1 is 0.783 bits per heavy atom.